The molecule has 0 unspecified atom stereocenters. The topological polar surface area (TPSA) is 74.7 Å². The molecule has 2 rings (SSSR count). The Bertz CT molecular complexity index is 440. The van der Waals surface area contributed by atoms with E-state index >= 15 is 0 Å². The van der Waals surface area contributed by atoms with E-state index in [9.17, 15) is 19.5 Å². The van der Waals surface area contributed by atoms with Crippen molar-refractivity contribution >= 4 is 17.8 Å². The monoisotopic (exact) mass is 251 g/mol. The zero-order valence-electron chi connectivity index (χ0n) is 10.7. The van der Waals surface area contributed by atoms with E-state index in [1.165, 1.54) is 4.90 Å². The minimum atomic E-state index is -1.01. The number of fused-ring (bicyclic) bond motifs is 1. The van der Waals surface area contributed by atoms with E-state index in [2.05, 4.69) is 0 Å². The van der Waals surface area contributed by atoms with Crippen molar-refractivity contribution in [2.75, 3.05) is 0 Å². The third-order valence-corrected chi connectivity index (χ3v) is 3.81. The fourth-order valence-corrected chi connectivity index (χ4v) is 2.95. The molecule has 98 valence electrons. The third kappa shape index (κ3) is 1.65. The smallest absolute Gasteiger partial charge is 0.307 e. The van der Waals surface area contributed by atoms with Gasteiger partial charge in [0.1, 0.15) is 0 Å². The predicted octanol–water partition coefficient (Wildman–Crippen LogP) is 0.903. The maximum absolute atomic E-state index is 12.3. The summed E-state index contributed by atoms with van der Waals surface area (Å²) in [5.74, 6) is -3.99. The first-order valence-corrected chi connectivity index (χ1v) is 6.14. The van der Waals surface area contributed by atoms with Crippen LogP contribution < -0.4 is 0 Å². The minimum Gasteiger partial charge on any atom is -0.481 e. The fourth-order valence-electron chi connectivity index (χ4n) is 2.95. The van der Waals surface area contributed by atoms with E-state index in [0.29, 0.717) is 0 Å². The number of nitrogens with zero attached hydrogens (tertiary/aromatic N) is 1. The Hall–Kier alpha value is -1.65. The summed E-state index contributed by atoms with van der Waals surface area (Å²) in [6.45, 7) is 5.29. The van der Waals surface area contributed by atoms with Crippen molar-refractivity contribution in [2.45, 2.75) is 26.8 Å². The Morgan fingerprint density at radius 1 is 1.28 bits per heavy atom. The molecular formula is C13H17NO4. The van der Waals surface area contributed by atoms with Crippen molar-refractivity contribution < 1.29 is 19.5 Å². The highest BCUT2D eigenvalue weighted by Crippen LogP contribution is 2.41. The van der Waals surface area contributed by atoms with Crippen LogP contribution in [0.3, 0.4) is 0 Å². The molecule has 0 bridgehead atoms. The molecule has 0 spiro atoms. The largest absolute Gasteiger partial charge is 0.481 e. The lowest BCUT2D eigenvalue weighted by atomic mass is 9.72. The lowest BCUT2D eigenvalue weighted by Gasteiger charge is -2.28. The molecule has 5 heteroatoms. The van der Waals surface area contributed by atoms with Gasteiger partial charge in [0.25, 0.3) is 0 Å². The number of aliphatic carboxylic acids is 1. The SMILES string of the molecule is CC(C)N1C(=O)[C@@H]2[C@H](C(=O)O)[C@@H](C)C=C[C@H]2C1=O. The maximum Gasteiger partial charge on any atom is 0.307 e. The first-order valence-electron chi connectivity index (χ1n) is 6.14. The zero-order valence-corrected chi connectivity index (χ0v) is 10.7. The lowest BCUT2D eigenvalue weighted by molar-refractivity contribution is -0.151. The summed E-state index contributed by atoms with van der Waals surface area (Å²) in [4.78, 5) is 36.9. The molecule has 1 aliphatic carbocycles. The molecule has 1 fully saturated rings. The summed E-state index contributed by atoms with van der Waals surface area (Å²) in [7, 11) is 0. The van der Waals surface area contributed by atoms with Gasteiger partial charge in [-0.2, -0.15) is 0 Å². The summed E-state index contributed by atoms with van der Waals surface area (Å²) in [5.41, 5.74) is 0. The Labute approximate surface area is 105 Å². The Balaban J connectivity index is 2.43. The summed E-state index contributed by atoms with van der Waals surface area (Å²) < 4.78 is 0. The van der Waals surface area contributed by atoms with Crippen molar-refractivity contribution in [1.29, 1.82) is 0 Å². The first kappa shape index (κ1) is 12.8. The van der Waals surface area contributed by atoms with Gasteiger partial charge in [-0.05, 0) is 19.8 Å². The van der Waals surface area contributed by atoms with Crippen molar-refractivity contribution in [3.05, 3.63) is 12.2 Å². The molecule has 0 aromatic carbocycles. The number of carboxylic acid groups (broad SMARTS) is 1. The number of rotatable bonds is 2. The molecule has 0 radical (unpaired) electrons. The van der Waals surface area contributed by atoms with Crippen LogP contribution in [0, 0.1) is 23.7 Å². The number of hydrogen-bond acceptors (Lipinski definition) is 3. The molecule has 0 aromatic rings. The fraction of sp³-hybridized carbons (Fsp3) is 0.615. The molecule has 0 aromatic heterocycles. The number of allylic oxidation sites excluding steroid dienone is 1. The van der Waals surface area contributed by atoms with E-state index in [4.69, 9.17) is 0 Å². The average molecular weight is 251 g/mol. The molecule has 5 nitrogen and oxygen atoms in total. The van der Waals surface area contributed by atoms with Crippen molar-refractivity contribution in [3.63, 3.8) is 0 Å². The highest BCUT2D eigenvalue weighted by molar-refractivity contribution is 6.08. The van der Waals surface area contributed by atoms with Crippen LogP contribution in [0.4, 0.5) is 0 Å². The highest BCUT2D eigenvalue weighted by atomic mass is 16.4. The van der Waals surface area contributed by atoms with Gasteiger partial charge in [0.15, 0.2) is 0 Å². The Morgan fingerprint density at radius 2 is 1.89 bits per heavy atom. The van der Waals surface area contributed by atoms with Crippen molar-refractivity contribution in [1.82, 2.24) is 4.90 Å². The van der Waals surface area contributed by atoms with Crippen LogP contribution in [0.1, 0.15) is 20.8 Å². The summed E-state index contributed by atoms with van der Waals surface area (Å²) in [5, 5.41) is 9.27. The summed E-state index contributed by atoms with van der Waals surface area (Å²) >= 11 is 0. The Morgan fingerprint density at radius 3 is 2.39 bits per heavy atom. The molecule has 0 saturated carbocycles. The lowest BCUT2D eigenvalue weighted by Crippen LogP contribution is -2.40. The van der Waals surface area contributed by atoms with Crippen molar-refractivity contribution in [2.24, 2.45) is 23.7 Å². The standard InChI is InChI=1S/C13H17NO4/c1-6(2)14-11(15)8-5-4-7(3)9(13(17)18)10(8)12(14)16/h4-10H,1-3H3,(H,17,18)/t7-,8+,9+,10-/m0/s1. The van der Waals surface area contributed by atoms with Gasteiger partial charge in [-0.25, -0.2) is 0 Å². The molecule has 2 aliphatic rings. The van der Waals surface area contributed by atoms with Gasteiger partial charge in [0, 0.05) is 6.04 Å². The van der Waals surface area contributed by atoms with E-state index in [1.807, 2.05) is 0 Å². The first-order chi connectivity index (χ1) is 8.36. The third-order valence-electron chi connectivity index (χ3n) is 3.81. The number of carbonyl (C=O) groups excluding carboxylic acids is 2. The molecule has 18 heavy (non-hydrogen) atoms. The van der Waals surface area contributed by atoms with Crippen LogP contribution >= 0.6 is 0 Å². The number of carboxylic acids is 1. The van der Waals surface area contributed by atoms with Gasteiger partial charge in [-0.1, -0.05) is 19.1 Å². The number of hydrogen-bond donors (Lipinski definition) is 1. The average Bonchev–Trinajstić information content (AvgIpc) is 2.50. The van der Waals surface area contributed by atoms with Gasteiger partial charge in [0.05, 0.1) is 17.8 Å². The van der Waals surface area contributed by atoms with Crippen LogP contribution in [0.2, 0.25) is 0 Å². The highest BCUT2D eigenvalue weighted by Gasteiger charge is 2.55. The van der Waals surface area contributed by atoms with Gasteiger partial charge >= 0.3 is 5.97 Å². The summed E-state index contributed by atoms with van der Waals surface area (Å²) in [6, 6.07) is -0.228. The second-order valence-corrected chi connectivity index (χ2v) is 5.30. The predicted molar refractivity (Wildman–Crippen MR) is 63.4 cm³/mol. The minimum absolute atomic E-state index is 0.228. The summed E-state index contributed by atoms with van der Waals surface area (Å²) in [6.07, 6.45) is 3.42. The van der Waals surface area contributed by atoms with E-state index in [-0.39, 0.29) is 23.8 Å². The van der Waals surface area contributed by atoms with Crippen molar-refractivity contribution in [3.8, 4) is 0 Å². The molecule has 1 N–H and O–H groups in total. The van der Waals surface area contributed by atoms with Gasteiger partial charge in [-0.15, -0.1) is 0 Å². The number of amides is 2. The van der Waals surface area contributed by atoms with Gasteiger partial charge in [0.2, 0.25) is 11.8 Å². The molecule has 1 aliphatic heterocycles. The van der Waals surface area contributed by atoms with Crippen LogP contribution in [-0.4, -0.2) is 33.8 Å². The van der Waals surface area contributed by atoms with E-state index in [0.717, 1.165) is 0 Å². The second kappa shape index (κ2) is 4.23. The molecule has 1 heterocycles. The van der Waals surface area contributed by atoms with Crippen LogP contribution in [0.5, 0.6) is 0 Å². The maximum atomic E-state index is 12.3. The second-order valence-electron chi connectivity index (χ2n) is 5.30. The molecular weight excluding hydrogens is 234 g/mol. The number of imide groups is 1. The molecule has 2 amide bonds. The normalized spacial score (nSPS) is 35.2. The molecule has 4 atom stereocenters. The number of likely N-dealkylation sites (tertiary alicyclic amines) is 1. The molecule has 1 saturated heterocycles. The zero-order chi connectivity index (χ0) is 13.6. The van der Waals surface area contributed by atoms with E-state index < -0.39 is 23.7 Å². The van der Waals surface area contributed by atoms with Gasteiger partial charge in [-0.3, -0.25) is 19.3 Å². The van der Waals surface area contributed by atoms with Crippen LogP contribution in [-0.2, 0) is 14.4 Å². The van der Waals surface area contributed by atoms with E-state index in [1.54, 1.807) is 32.9 Å². The van der Waals surface area contributed by atoms with Crippen LogP contribution in [0.15, 0.2) is 12.2 Å². The Kier molecular flexibility index (Phi) is 3.00. The quantitative estimate of drug-likeness (QED) is 0.584. The van der Waals surface area contributed by atoms with Crippen LogP contribution in [0.25, 0.3) is 0 Å². The number of carbonyl (C=O) groups is 3. The van der Waals surface area contributed by atoms with Gasteiger partial charge < -0.3 is 5.11 Å².